The third-order valence-corrected chi connectivity index (χ3v) is 3.90. The largest absolute Gasteiger partial charge is 0.357 e. The molecular weight excluding hydrogens is 234 g/mol. The Balaban J connectivity index is 2.04. The van der Waals surface area contributed by atoms with Gasteiger partial charge in [-0.2, -0.15) is 0 Å². The molecule has 2 rings (SSSR count). The van der Waals surface area contributed by atoms with Crippen LogP contribution in [0, 0.1) is 0 Å². The van der Waals surface area contributed by atoms with Crippen molar-refractivity contribution < 1.29 is 0 Å². The normalized spacial score (nSPS) is 18.1. The summed E-state index contributed by atoms with van der Waals surface area (Å²) in [6.07, 6.45) is 8.47. The van der Waals surface area contributed by atoms with Crippen LogP contribution in [0.2, 0.25) is 0 Å². The first-order chi connectivity index (χ1) is 9.31. The fraction of sp³-hybridized carbons (Fsp3) is 0.688. The average Bonchev–Trinajstić information content (AvgIpc) is 2.74. The van der Waals surface area contributed by atoms with E-state index in [9.17, 15) is 0 Å². The van der Waals surface area contributed by atoms with Crippen molar-refractivity contribution in [2.75, 3.05) is 24.5 Å². The summed E-state index contributed by atoms with van der Waals surface area (Å²) in [5, 5.41) is 3.54. The van der Waals surface area contributed by atoms with Crippen molar-refractivity contribution >= 4 is 5.82 Å². The molecule has 1 aliphatic rings. The van der Waals surface area contributed by atoms with Crippen LogP contribution in [-0.2, 0) is 0 Å². The predicted molar refractivity (Wildman–Crippen MR) is 81.6 cm³/mol. The number of pyridine rings is 1. The lowest BCUT2D eigenvalue weighted by Crippen LogP contribution is -2.25. The van der Waals surface area contributed by atoms with Gasteiger partial charge in [-0.05, 0) is 50.4 Å². The van der Waals surface area contributed by atoms with Gasteiger partial charge in [0.25, 0.3) is 0 Å². The molecular formula is C16H27N3. The van der Waals surface area contributed by atoms with E-state index in [4.69, 9.17) is 0 Å². The van der Waals surface area contributed by atoms with Crippen molar-refractivity contribution in [3.63, 3.8) is 0 Å². The molecule has 0 bridgehead atoms. The highest BCUT2D eigenvalue weighted by Crippen LogP contribution is 2.21. The summed E-state index contributed by atoms with van der Waals surface area (Å²) in [7, 11) is 0. The van der Waals surface area contributed by atoms with Crippen LogP contribution < -0.4 is 10.2 Å². The van der Waals surface area contributed by atoms with Crippen LogP contribution in [0.4, 0.5) is 5.82 Å². The Kier molecular flexibility index (Phi) is 5.64. The van der Waals surface area contributed by atoms with Gasteiger partial charge in [-0.25, -0.2) is 4.98 Å². The molecule has 0 aromatic carbocycles. The van der Waals surface area contributed by atoms with Crippen molar-refractivity contribution in [3.8, 4) is 0 Å². The number of rotatable bonds is 5. The number of hydrogen-bond donors (Lipinski definition) is 1. The van der Waals surface area contributed by atoms with Gasteiger partial charge in [-0.3, -0.25) is 0 Å². The summed E-state index contributed by atoms with van der Waals surface area (Å²) in [6.45, 7) is 7.83. The second kappa shape index (κ2) is 7.49. The van der Waals surface area contributed by atoms with Gasteiger partial charge in [0.2, 0.25) is 0 Å². The lowest BCUT2D eigenvalue weighted by molar-refractivity contribution is 0.570. The molecule has 0 amide bonds. The zero-order valence-electron chi connectivity index (χ0n) is 12.4. The van der Waals surface area contributed by atoms with E-state index in [1.54, 1.807) is 0 Å². The Bertz CT molecular complexity index is 370. The van der Waals surface area contributed by atoms with E-state index in [0.717, 1.165) is 25.5 Å². The number of nitrogens with one attached hydrogen (secondary N) is 1. The van der Waals surface area contributed by atoms with Gasteiger partial charge in [0.05, 0.1) is 0 Å². The minimum atomic E-state index is 0.411. The van der Waals surface area contributed by atoms with E-state index in [2.05, 4.69) is 41.2 Å². The van der Waals surface area contributed by atoms with Gasteiger partial charge in [-0.1, -0.05) is 19.8 Å². The van der Waals surface area contributed by atoms with E-state index in [1.807, 2.05) is 6.20 Å². The number of hydrogen-bond acceptors (Lipinski definition) is 3. The molecule has 1 aromatic heterocycles. The van der Waals surface area contributed by atoms with Gasteiger partial charge in [-0.15, -0.1) is 0 Å². The summed E-state index contributed by atoms with van der Waals surface area (Å²) in [6, 6.07) is 4.81. The van der Waals surface area contributed by atoms with Gasteiger partial charge in [0.1, 0.15) is 5.82 Å². The van der Waals surface area contributed by atoms with Crippen LogP contribution in [0.3, 0.4) is 0 Å². The molecule has 1 atom stereocenters. The lowest BCUT2D eigenvalue weighted by atomic mass is 10.1. The first-order valence-electron chi connectivity index (χ1n) is 7.75. The molecule has 0 aliphatic carbocycles. The number of anilines is 1. The van der Waals surface area contributed by atoms with E-state index >= 15 is 0 Å². The number of nitrogens with zero attached hydrogens (tertiary/aromatic N) is 2. The standard InChI is InChI=1S/C16H27N3/c1-3-9-17-14(2)15-8-10-18-16(13-15)19-11-6-4-5-7-12-19/h8,10,13-14,17H,3-7,9,11-12H2,1-2H3. The SMILES string of the molecule is CCCNC(C)c1ccnc(N2CCCCCC2)c1. The fourth-order valence-electron chi connectivity index (χ4n) is 2.65. The van der Waals surface area contributed by atoms with E-state index in [0.29, 0.717) is 6.04 Å². The Morgan fingerprint density at radius 2 is 2.00 bits per heavy atom. The molecule has 0 saturated carbocycles. The first kappa shape index (κ1) is 14.3. The van der Waals surface area contributed by atoms with Crippen molar-refractivity contribution in [3.05, 3.63) is 23.9 Å². The predicted octanol–water partition coefficient (Wildman–Crippen LogP) is 3.52. The zero-order valence-corrected chi connectivity index (χ0v) is 12.4. The third-order valence-electron chi connectivity index (χ3n) is 3.90. The van der Waals surface area contributed by atoms with Crippen LogP contribution in [0.25, 0.3) is 0 Å². The molecule has 1 saturated heterocycles. The van der Waals surface area contributed by atoms with Crippen LogP contribution >= 0.6 is 0 Å². The van der Waals surface area contributed by atoms with Crippen LogP contribution in [0.15, 0.2) is 18.3 Å². The molecule has 106 valence electrons. The second-order valence-corrected chi connectivity index (χ2v) is 5.52. The highest BCUT2D eigenvalue weighted by molar-refractivity contribution is 5.41. The van der Waals surface area contributed by atoms with Crippen LogP contribution in [-0.4, -0.2) is 24.6 Å². The molecule has 3 nitrogen and oxygen atoms in total. The monoisotopic (exact) mass is 261 g/mol. The molecule has 19 heavy (non-hydrogen) atoms. The summed E-state index contributed by atoms with van der Waals surface area (Å²) in [4.78, 5) is 7.01. The summed E-state index contributed by atoms with van der Waals surface area (Å²) in [5.41, 5.74) is 1.35. The second-order valence-electron chi connectivity index (χ2n) is 5.52. The van der Waals surface area contributed by atoms with Crippen molar-refractivity contribution in [2.45, 2.75) is 52.0 Å². The topological polar surface area (TPSA) is 28.2 Å². The Labute approximate surface area is 117 Å². The molecule has 3 heteroatoms. The van der Waals surface area contributed by atoms with Gasteiger partial charge >= 0.3 is 0 Å². The van der Waals surface area contributed by atoms with E-state index < -0.39 is 0 Å². The third kappa shape index (κ3) is 4.20. The molecule has 0 radical (unpaired) electrons. The smallest absolute Gasteiger partial charge is 0.128 e. The van der Waals surface area contributed by atoms with E-state index in [-0.39, 0.29) is 0 Å². The first-order valence-corrected chi connectivity index (χ1v) is 7.75. The molecule has 0 spiro atoms. The van der Waals surface area contributed by atoms with Crippen molar-refractivity contribution in [1.29, 1.82) is 0 Å². The van der Waals surface area contributed by atoms with Crippen LogP contribution in [0.5, 0.6) is 0 Å². The summed E-state index contributed by atoms with van der Waals surface area (Å²) < 4.78 is 0. The molecule has 1 unspecified atom stereocenters. The van der Waals surface area contributed by atoms with Gasteiger partial charge in [0, 0.05) is 25.3 Å². The fourth-order valence-corrected chi connectivity index (χ4v) is 2.65. The zero-order chi connectivity index (χ0) is 13.5. The molecule has 1 aromatic rings. The Hall–Kier alpha value is -1.09. The maximum absolute atomic E-state index is 4.57. The molecule has 1 aliphatic heterocycles. The van der Waals surface area contributed by atoms with Gasteiger partial charge in [0.15, 0.2) is 0 Å². The lowest BCUT2D eigenvalue weighted by Gasteiger charge is -2.23. The highest BCUT2D eigenvalue weighted by Gasteiger charge is 2.12. The highest BCUT2D eigenvalue weighted by atomic mass is 15.2. The summed E-state index contributed by atoms with van der Waals surface area (Å²) in [5.74, 6) is 1.16. The minimum absolute atomic E-state index is 0.411. The Morgan fingerprint density at radius 1 is 1.26 bits per heavy atom. The molecule has 1 N–H and O–H groups in total. The number of aromatic nitrogens is 1. The maximum atomic E-state index is 4.57. The van der Waals surface area contributed by atoms with Crippen LogP contribution in [0.1, 0.15) is 57.6 Å². The maximum Gasteiger partial charge on any atom is 0.128 e. The average molecular weight is 261 g/mol. The van der Waals surface area contributed by atoms with Crippen molar-refractivity contribution in [2.24, 2.45) is 0 Å². The minimum Gasteiger partial charge on any atom is -0.357 e. The quantitative estimate of drug-likeness (QED) is 0.879. The van der Waals surface area contributed by atoms with Crippen molar-refractivity contribution in [1.82, 2.24) is 10.3 Å². The van der Waals surface area contributed by atoms with Gasteiger partial charge < -0.3 is 10.2 Å². The molecule has 1 fully saturated rings. The Morgan fingerprint density at radius 3 is 2.68 bits per heavy atom. The molecule has 2 heterocycles. The van der Waals surface area contributed by atoms with E-state index in [1.165, 1.54) is 37.7 Å². The summed E-state index contributed by atoms with van der Waals surface area (Å²) >= 11 is 0.